The second kappa shape index (κ2) is 4.02. The molecule has 0 bridgehead atoms. The minimum absolute atomic E-state index is 0.672. The molecule has 2 heterocycles. The lowest BCUT2D eigenvalue weighted by atomic mass is 10.3. The molecule has 0 saturated heterocycles. The Hall–Kier alpha value is -1.39. The third kappa shape index (κ3) is 2.27. The van der Waals surface area contributed by atoms with E-state index in [4.69, 9.17) is 4.52 Å². The molecule has 1 aromatic rings. The second-order valence-electron chi connectivity index (χ2n) is 2.94. The van der Waals surface area contributed by atoms with Crippen molar-refractivity contribution in [2.75, 3.05) is 13.1 Å². The molecule has 1 aliphatic rings. The monoisotopic (exact) mass is 180 g/mol. The predicted molar refractivity (Wildman–Crippen MR) is 47.5 cm³/mol. The Morgan fingerprint density at radius 2 is 2.54 bits per heavy atom. The van der Waals surface area contributed by atoms with E-state index in [1.54, 1.807) is 0 Å². The van der Waals surface area contributed by atoms with Crippen molar-refractivity contribution in [3.05, 3.63) is 12.2 Å². The highest BCUT2D eigenvalue weighted by atomic mass is 16.5. The van der Waals surface area contributed by atoms with E-state index in [0.29, 0.717) is 5.89 Å². The van der Waals surface area contributed by atoms with Gasteiger partial charge in [0.2, 0.25) is 5.89 Å². The van der Waals surface area contributed by atoms with Gasteiger partial charge in [-0.15, -0.1) is 0 Å². The number of aliphatic imine (C=N–C) groups is 1. The van der Waals surface area contributed by atoms with Gasteiger partial charge in [-0.05, 0) is 6.42 Å². The molecule has 5 heteroatoms. The van der Waals surface area contributed by atoms with E-state index < -0.39 is 0 Å². The number of hydrogen-bond donors (Lipinski definition) is 1. The van der Waals surface area contributed by atoms with Crippen molar-refractivity contribution in [1.82, 2.24) is 15.5 Å². The molecule has 1 aliphatic heterocycles. The number of nitrogens with zero attached hydrogens (tertiary/aromatic N) is 3. The van der Waals surface area contributed by atoms with Crippen LogP contribution in [-0.2, 0) is 6.42 Å². The molecule has 5 nitrogen and oxygen atoms in total. The standard InChI is InChI=1S/C8H12N4O/c1-2-7(9-4-1)10-5-3-8-11-6-12-13-8/h6H,1-5H2,(H,9,10). The summed E-state index contributed by atoms with van der Waals surface area (Å²) < 4.78 is 4.86. The average molecular weight is 180 g/mol. The lowest BCUT2D eigenvalue weighted by molar-refractivity contribution is 0.377. The molecule has 0 fully saturated rings. The van der Waals surface area contributed by atoms with Gasteiger partial charge in [-0.2, -0.15) is 4.98 Å². The van der Waals surface area contributed by atoms with E-state index in [0.717, 1.165) is 31.8 Å². The molecule has 0 atom stereocenters. The molecule has 0 radical (unpaired) electrons. The predicted octanol–water partition coefficient (Wildman–Crippen LogP) is 0.394. The first kappa shape index (κ1) is 8.22. The molecule has 1 N–H and O–H groups in total. The number of aromatic nitrogens is 2. The highest BCUT2D eigenvalue weighted by Crippen LogP contribution is 2.01. The summed E-state index contributed by atoms with van der Waals surface area (Å²) in [5.74, 6) is 1.78. The first-order valence-corrected chi connectivity index (χ1v) is 4.48. The minimum Gasteiger partial charge on any atom is -0.373 e. The maximum absolute atomic E-state index is 4.86. The zero-order valence-corrected chi connectivity index (χ0v) is 7.36. The lowest BCUT2D eigenvalue weighted by Gasteiger charge is -2.01. The van der Waals surface area contributed by atoms with Crippen molar-refractivity contribution in [2.45, 2.75) is 19.3 Å². The quantitative estimate of drug-likeness (QED) is 0.731. The molecule has 0 saturated carbocycles. The van der Waals surface area contributed by atoms with Crippen molar-refractivity contribution in [1.29, 1.82) is 0 Å². The highest BCUT2D eigenvalue weighted by Gasteiger charge is 2.05. The average Bonchev–Trinajstić information content (AvgIpc) is 2.75. The Bertz CT molecular complexity index is 280. The number of amidine groups is 1. The minimum atomic E-state index is 0.672. The van der Waals surface area contributed by atoms with Crippen LogP contribution >= 0.6 is 0 Å². The third-order valence-electron chi connectivity index (χ3n) is 1.95. The van der Waals surface area contributed by atoms with Gasteiger partial charge < -0.3 is 9.84 Å². The van der Waals surface area contributed by atoms with E-state index in [1.165, 1.54) is 12.7 Å². The van der Waals surface area contributed by atoms with E-state index in [2.05, 4.69) is 20.4 Å². The molecule has 0 aromatic carbocycles. The topological polar surface area (TPSA) is 63.3 Å². The normalized spacial score (nSPS) is 15.8. The summed E-state index contributed by atoms with van der Waals surface area (Å²) in [6.45, 7) is 1.78. The first-order chi connectivity index (χ1) is 6.45. The van der Waals surface area contributed by atoms with Crippen LogP contribution in [0.15, 0.2) is 15.8 Å². The van der Waals surface area contributed by atoms with Crippen LogP contribution in [0.5, 0.6) is 0 Å². The van der Waals surface area contributed by atoms with Crippen LogP contribution in [-0.4, -0.2) is 29.1 Å². The van der Waals surface area contributed by atoms with Gasteiger partial charge in [-0.3, -0.25) is 4.99 Å². The van der Waals surface area contributed by atoms with Gasteiger partial charge >= 0.3 is 0 Å². The number of hydrogen-bond acceptors (Lipinski definition) is 5. The summed E-state index contributed by atoms with van der Waals surface area (Å²) in [5, 5.41) is 6.77. The van der Waals surface area contributed by atoms with E-state index >= 15 is 0 Å². The van der Waals surface area contributed by atoms with E-state index in [-0.39, 0.29) is 0 Å². The van der Waals surface area contributed by atoms with Crippen LogP contribution in [0.3, 0.4) is 0 Å². The van der Waals surface area contributed by atoms with Crippen molar-refractivity contribution < 1.29 is 4.52 Å². The molecule has 0 amide bonds. The van der Waals surface area contributed by atoms with Crippen molar-refractivity contribution in [2.24, 2.45) is 4.99 Å². The van der Waals surface area contributed by atoms with E-state index in [9.17, 15) is 0 Å². The highest BCUT2D eigenvalue weighted by molar-refractivity contribution is 5.83. The molecule has 2 rings (SSSR count). The van der Waals surface area contributed by atoms with Crippen LogP contribution in [0.1, 0.15) is 18.7 Å². The smallest absolute Gasteiger partial charge is 0.228 e. The molecule has 0 unspecified atom stereocenters. The summed E-state index contributed by atoms with van der Waals surface area (Å²) in [6.07, 6.45) is 4.42. The fourth-order valence-electron chi connectivity index (χ4n) is 1.30. The summed E-state index contributed by atoms with van der Waals surface area (Å²) in [4.78, 5) is 8.22. The van der Waals surface area contributed by atoms with Crippen LogP contribution in [0.25, 0.3) is 0 Å². The zero-order chi connectivity index (χ0) is 8.93. The van der Waals surface area contributed by atoms with Crippen molar-refractivity contribution >= 4 is 5.84 Å². The molecule has 13 heavy (non-hydrogen) atoms. The molecule has 1 aromatic heterocycles. The Kier molecular flexibility index (Phi) is 2.54. The molecular formula is C8H12N4O. The van der Waals surface area contributed by atoms with Crippen LogP contribution < -0.4 is 5.32 Å². The molecule has 0 aliphatic carbocycles. The maximum atomic E-state index is 4.86. The Balaban J connectivity index is 1.69. The van der Waals surface area contributed by atoms with Crippen LogP contribution in [0.2, 0.25) is 0 Å². The molecule has 70 valence electrons. The van der Waals surface area contributed by atoms with Gasteiger partial charge in [-0.25, -0.2) is 0 Å². The maximum Gasteiger partial charge on any atom is 0.228 e. The third-order valence-corrected chi connectivity index (χ3v) is 1.95. The van der Waals surface area contributed by atoms with Gasteiger partial charge in [-0.1, -0.05) is 5.16 Å². The molecule has 0 spiro atoms. The Morgan fingerprint density at radius 1 is 1.54 bits per heavy atom. The van der Waals surface area contributed by atoms with Crippen LogP contribution in [0.4, 0.5) is 0 Å². The number of rotatable bonds is 3. The Labute approximate surface area is 76.2 Å². The van der Waals surface area contributed by atoms with Crippen molar-refractivity contribution in [3.63, 3.8) is 0 Å². The molecular weight excluding hydrogens is 168 g/mol. The first-order valence-electron chi connectivity index (χ1n) is 4.48. The summed E-state index contributed by atoms with van der Waals surface area (Å²) in [7, 11) is 0. The second-order valence-corrected chi connectivity index (χ2v) is 2.94. The van der Waals surface area contributed by atoms with Crippen LogP contribution in [0, 0.1) is 0 Å². The fourth-order valence-corrected chi connectivity index (χ4v) is 1.30. The fraction of sp³-hybridized carbons (Fsp3) is 0.625. The van der Waals surface area contributed by atoms with Gasteiger partial charge in [0.05, 0.1) is 5.84 Å². The summed E-state index contributed by atoms with van der Waals surface area (Å²) in [5.41, 5.74) is 0. The number of nitrogens with one attached hydrogen (secondary N) is 1. The zero-order valence-electron chi connectivity index (χ0n) is 7.36. The Morgan fingerprint density at radius 3 is 3.23 bits per heavy atom. The summed E-state index contributed by atoms with van der Waals surface area (Å²) in [6, 6.07) is 0. The van der Waals surface area contributed by atoms with Crippen molar-refractivity contribution in [3.8, 4) is 0 Å². The van der Waals surface area contributed by atoms with Gasteiger partial charge in [0.1, 0.15) is 0 Å². The van der Waals surface area contributed by atoms with Gasteiger partial charge in [0.15, 0.2) is 6.33 Å². The van der Waals surface area contributed by atoms with Gasteiger partial charge in [0, 0.05) is 25.9 Å². The SMILES string of the molecule is c1noc(CCNC2=NCCC2)n1. The summed E-state index contributed by atoms with van der Waals surface area (Å²) >= 11 is 0. The van der Waals surface area contributed by atoms with Gasteiger partial charge in [0.25, 0.3) is 0 Å². The largest absolute Gasteiger partial charge is 0.373 e. The lowest BCUT2D eigenvalue weighted by Crippen LogP contribution is -2.23. The van der Waals surface area contributed by atoms with E-state index in [1.807, 2.05) is 0 Å².